The van der Waals surface area contributed by atoms with Crippen LogP contribution in [0.2, 0.25) is 18.1 Å². The first kappa shape index (κ1) is 20.5. The number of hydrogen-bond donors (Lipinski definition) is 0. The van der Waals surface area contributed by atoms with Gasteiger partial charge in [-0.25, -0.2) is 0 Å². The Balaban J connectivity index is 1.65. The molecule has 0 aromatic heterocycles. The van der Waals surface area contributed by atoms with Crippen molar-refractivity contribution in [3.63, 3.8) is 0 Å². The summed E-state index contributed by atoms with van der Waals surface area (Å²) in [6.07, 6.45) is 1.86. The number of carbonyl (C=O) groups excluding carboxylic acids is 2. The molecule has 0 radical (unpaired) electrons. The molecule has 4 nitrogen and oxygen atoms in total. The molecule has 3 rings (SSSR count). The standard InChI is InChI=1S/C23H28O4Si/c1-23(2,3)28(4,5)27-20-13-18(21(24)15-20)14-22(25)26-19-11-10-16-8-6-7-9-17(16)12-19/h6-13,20H,14-15H2,1-5H3. The Morgan fingerprint density at radius 1 is 1.11 bits per heavy atom. The molecule has 0 fully saturated rings. The fourth-order valence-corrected chi connectivity index (χ4v) is 4.29. The van der Waals surface area contributed by atoms with Crippen molar-refractivity contribution < 1.29 is 18.8 Å². The number of rotatable bonds is 5. The Kier molecular flexibility index (Phi) is 5.59. The monoisotopic (exact) mass is 396 g/mol. The van der Waals surface area contributed by atoms with Gasteiger partial charge in [-0.1, -0.05) is 51.1 Å². The molecule has 0 saturated heterocycles. The predicted octanol–water partition coefficient (Wildman–Crippen LogP) is 5.42. The van der Waals surface area contributed by atoms with Gasteiger partial charge < -0.3 is 9.16 Å². The fourth-order valence-electron chi connectivity index (χ4n) is 3.03. The molecule has 0 N–H and O–H groups in total. The Morgan fingerprint density at radius 2 is 1.79 bits per heavy atom. The average molecular weight is 397 g/mol. The van der Waals surface area contributed by atoms with E-state index in [0.717, 1.165) is 10.8 Å². The van der Waals surface area contributed by atoms with Crippen LogP contribution in [-0.2, 0) is 14.0 Å². The summed E-state index contributed by atoms with van der Waals surface area (Å²) in [4.78, 5) is 24.7. The van der Waals surface area contributed by atoms with E-state index in [1.165, 1.54) is 0 Å². The van der Waals surface area contributed by atoms with E-state index in [2.05, 4.69) is 33.9 Å². The average Bonchev–Trinajstić information content (AvgIpc) is 2.92. The molecule has 2 aromatic rings. The number of Topliss-reactive ketones (excluding diaryl/α,β-unsaturated/α-hetero) is 1. The molecular formula is C23H28O4Si. The van der Waals surface area contributed by atoms with Crippen molar-refractivity contribution in [1.29, 1.82) is 0 Å². The van der Waals surface area contributed by atoms with Crippen LogP contribution in [0.4, 0.5) is 0 Å². The van der Waals surface area contributed by atoms with Crippen LogP contribution in [0.5, 0.6) is 5.75 Å². The summed E-state index contributed by atoms with van der Waals surface area (Å²) in [5.41, 5.74) is 0.495. The lowest BCUT2D eigenvalue weighted by molar-refractivity contribution is -0.134. The fraction of sp³-hybridized carbons (Fsp3) is 0.391. The third-order valence-electron chi connectivity index (χ3n) is 5.67. The Morgan fingerprint density at radius 3 is 2.46 bits per heavy atom. The molecule has 0 bridgehead atoms. The molecule has 148 valence electrons. The van der Waals surface area contributed by atoms with E-state index in [1.54, 1.807) is 6.07 Å². The van der Waals surface area contributed by atoms with E-state index in [0.29, 0.717) is 17.7 Å². The lowest BCUT2D eigenvalue weighted by Crippen LogP contribution is -2.43. The van der Waals surface area contributed by atoms with Crippen molar-refractivity contribution in [3.8, 4) is 5.75 Å². The molecule has 1 aliphatic carbocycles. The van der Waals surface area contributed by atoms with E-state index >= 15 is 0 Å². The van der Waals surface area contributed by atoms with Gasteiger partial charge in [0.1, 0.15) is 5.75 Å². The van der Waals surface area contributed by atoms with Gasteiger partial charge in [0.2, 0.25) is 0 Å². The zero-order valence-corrected chi connectivity index (χ0v) is 18.2. The normalized spacial score (nSPS) is 17.7. The first-order chi connectivity index (χ1) is 13.0. The van der Waals surface area contributed by atoms with Gasteiger partial charge in [-0.2, -0.15) is 0 Å². The molecule has 0 aliphatic heterocycles. The van der Waals surface area contributed by atoms with E-state index in [-0.39, 0.29) is 23.3 Å². The summed E-state index contributed by atoms with van der Waals surface area (Å²) < 4.78 is 11.8. The second-order valence-electron chi connectivity index (χ2n) is 8.90. The van der Waals surface area contributed by atoms with Gasteiger partial charge in [-0.05, 0) is 47.1 Å². The molecular weight excluding hydrogens is 368 g/mol. The quantitative estimate of drug-likeness (QED) is 0.384. The minimum Gasteiger partial charge on any atom is -0.426 e. The van der Waals surface area contributed by atoms with Gasteiger partial charge in [0.15, 0.2) is 14.1 Å². The maximum absolute atomic E-state index is 12.4. The molecule has 28 heavy (non-hydrogen) atoms. The smallest absolute Gasteiger partial charge is 0.315 e. The molecule has 1 aliphatic rings. The highest BCUT2D eigenvalue weighted by molar-refractivity contribution is 6.74. The van der Waals surface area contributed by atoms with Crippen molar-refractivity contribution in [2.45, 2.75) is 57.8 Å². The number of hydrogen-bond acceptors (Lipinski definition) is 4. The van der Waals surface area contributed by atoms with Crippen molar-refractivity contribution in [3.05, 3.63) is 54.1 Å². The summed E-state index contributed by atoms with van der Waals surface area (Å²) in [5.74, 6) is 0.0332. The summed E-state index contributed by atoms with van der Waals surface area (Å²) >= 11 is 0. The van der Waals surface area contributed by atoms with Gasteiger partial charge in [0.25, 0.3) is 0 Å². The zero-order valence-electron chi connectivity index (χ0n) is 17.2. The molecule has 0 spiro atoms. The molecule has 5 heteroatoms. The first-order valence-electron chi connectivity index (χ1n) is 9.66. The van der Waals surface area contributed by atoms with E-state index in [4.69, 9.17) is 9.16 Å². The zero-order chi connectivity index (χ0) is 20.5. The topological polar surface area (TPSA) is 52.6 Å². The minimum absolute atomic E-state index is 0.0248. The molecule has 0 heterocycles. The number of benzene rings is 2. The van der Waals surface area contributed by atoms with Crippen molar-refractivity contribution in [2.24, 2.45) is 0 Å². The SMILES string of the molecule is CC(C)(C)[Si](C)(C)OC1C=C(CC(=O)Oc2ccc3ccccc3c2)C(=O)C1. The number of ether oxygens (including phenoxy) is 1. The number of ketones is 1. The molecule has 2 aromatic carbocycles. The Labute approximate surface area is 167 Å². The maximum Gasteiger partial charge on any atom is 0.315 e. The highest BCUT2D eigenvalue weighted by Gasteiger charge is 2.40. The van der Waals surface area contributed by atoms with Crippen LogP contribution in [0.1, 0.15) is 33.6 Å². The van der Waals surface area contributed by atoms with Gasteiger partial charge in [-0.3, -0.25) is 9.59 Å². The van der Waals surface area contributed by atoms with Crippen molar-refractivity contribution in [1.82, 2.24) is 0 Å². The number of esters is 1. The second-order valence-corrected chi connectivity index (χ2v) is 13.7. The summed E-state index contributed by atoms with van der Waals surface area (Å²) in [6, 6.07) is 13.4. The van der Waals surface area contributed by atoms with Gasteiger partial charge in [0.05, 0.1) is 12.5 Å². The first-order valence-corrected chi connectivity index (χ1v) is 12.6. The molecule has 0 amide bonds. The minimum atomic E-state index is -1.97. The van der Waals surface area contributed by atoms with Gasteiger partial charge in [0, 0.05) is 12.0 Å². The summed E-state index contributed by atoms with van der Waals surface area (Å²) in [6.45, 7) is 10.8. The van der Waals surface area contributed by atoms with E-state index < -0.39 is 14.3 Å². The maximum atomic E-state index is 12.4. The lowest BCUT2D eigenvalue weighted by Gasteiger charge is -2.37. The lowest BCUT2D eigenvalue weighted by atomic mass is 10.1. The molecule has 1 unspecified atom stereocenters. The number of fused-ring (bicyclic) bond motifs is 1. The van der Waals surface area contributed by atoms with Crippen LogP contribution in [0.25, 0.3) is 10.8 Å². The highest BCUT2D eigenvalue weighted by Crippen LogP contribution is 2.39. The molecule has 0 saturated carbocycles. The Bertz CT molecular complexity index is 937. The van der Waals surface area contributed by atoms with Crippen LogP contribution >= 0.6 is 0 Å². The number of carbonyl (C=O) groups is 2. The van der Waals surface area contributed by atoms with Crippen LogP contribution in [-0.4, -0.2) is 26.2 Å². The van der Waals surface area contributed by atoms with Crippen LogP contribution in [0, 0.1) is 0 Å². The summed E-state index contributed by atoms with van der Waals surface area (Å²) in [5, 5.41) is 2.16. The van der Waals surface area contributed by atoms with Crippen LogP contribution in [0.15, 0.2) is 54.1 Å². The molecule has 1 atom stereocenters. The van der Waals surface area contributed by atoms with E-state index in [1.807, 2.05) is 42.5 Å². The second kappa shape index (κ2) is 7.64. The van der Waals surface area contributed by atoms with Crippen LogP contribution in [0.3, 0.4) is 0 Å². The van der Waals surface area contributed by atoms with Gasteiger partial charge >= 0.3 is 5.97 Å². The van der Waals surface area contributed by atoms with Crippen molar-refractivity contribution in [2.75, 3.05) is 0 Å². The van der Waals surface area contributed by atoms with Crippen LogP contribution < -0.4 is 4.74 Å². The Hall–Kier alpha value is -2.24. The van der Waals surface area contributed by atoms with Gasteiger partial charge in [-0.15, -0.1) is 0 Å². The van der Waals surface area contributed by atoms with Crippen molar-refractivity contribution >= 4 is 30.8 Å². The largest absolute Gasteiger partial charge is 0.426 e. The third-order valence-corrected chi connectivity index (χ3v) is 10.2. The predicted molar refractivity (Wildman–Crippen MR) is 114 cm³/mol. The highest BCUT2D eigenvalue weighted by atomic mass is 28.4. The van der Waals surface area contributed by atoms with E-state index in [9.17, 15) is 9.59 Å². The summed E-state index contributed by atoms with van der Waals surface area (Å²) in [7, 11) is -1.97. The third kappa shape index (κ3) is 4.59.